The molecule has 32 heavy (non-hydrogen) atoms. The molecule has 1 aliphatic heterocycles. The summed E-state index contributed by atoms with van der Waals surface area (Å²) in [6, 6.07) is 19.5. The number of rotatable bonds is 6. The van der Waals surface area contributed by atoms with Crippen molar-refractivity contribution in [1.82, 2.24) is 10.2 Å². The van der Waals surface area contributed by atoms with E-state index in [1.807, 2.05) is 54.6 Å². The molecule has 8 heteroatoms. The fraction of sp³-hybridized carbons (Fsp3) is 0.208. The van der Waals surface area contributed by atoms with Gasteiger partial charge < -0.3 is 18.8 Å². The Morgan fingerprint density at radius 1 is 1.00 bits per heavy atom. The molecule has 5 rings (SSSR count). The van der Waals surface area contributed by atoms with Crippen LogP contribution in [0.15, 0.2) is 70.3 Å². The molecular weight excluding hydrogens is 426 g/mol. The fourth-order valence-electron chi connectivity index (χ4n) is 3.87. The molecule has 0 N–H and O–H groups in total. The van der Waals surface area contributed by atoms with Crippen LogP contribution in [0.5, 0.6) is 11.5 Å². The van der Waals surface area contributed by atoms with Crippen LogP contribution in [0.4, 0.5) is 5.69 Å². The summed E-state index contributed by atoms with van der Waals surface area (Å²) >= 11 is 1.30. The van der Waals surface area contributed by atoms with E-state index >= 15 is 0 Å². The number of fused-ring (bicyclic) bond motifs is 1. The molecule has 0 spiro atoms. The number of carbonyl (C=O) groups is 1. The Kier molecular flexibility index (Phi) is 5.45. The highest BCUT2D eigenvalue weighted by atomic mass is 32.2. The highest BCUT2D eigenvalue weighted by Gasteiger charge is 2.35. The number of benzene rings is 3. The van der Waals surface area contributed by atoms with Crippen molar-refractivity contribution in [2.45, 2.75) is 16.9 Å². The van der Waals surface area contributed by atoms with Gasteiger partial charge >= 0.3 is 0 Å². The van der Waals surface area contributed by atoms with Crippen LogP contribution in [-0.2, 0) is 4.79 Å². The highest BCUT2D eigenvalue weighted by molar-refractivity contribution is 8.00. The first-order chi connectivity index (χ1) is 15.7. The molecule has 1 saturated heterocycles. The molecule has 1 fully saturated rings. The Morgan fingerprint density at radius 2 is 1.75 bits per heavy atom. The lowest BCUT2D eigenvalue weighted by Gasteiger charge is -2.18. The summed E-state index contributed by atoms with van der Waals surface area (Å²) in [5.41, 5.74) is 1.63. The van der Waals surface area contributed by atoms with Crippen molar-refractivity contribution in [3.8, 4) is 23.0 Å². The minimum Gasteiger partial charge on any atom is -0.497 e. The van der Waals surface area contributed by atoms with Gasteiger partial charge in [0.15, 0.2) is 0 Å². The molecule has 1 aromatic heterocycles. The first kappa shape index (κ1) is 20.4. The lowest BCUT2D eigenvalue weighted by molar-refractivity contribution is -0.116. The lowest BCUT2D eigenvalue weighted by Crippen LogP contribution is -2.28. The monoisotopic (exact) mass is 447 g/mol. The third kappa shape index (κ3) is 3.78. The summed E-state index contributed by atoms with van der Waals surface area (Å²) in [6.45, 7) is 0.594. The lowest BCUT2D eigenvalue weighted by atomic mass is 10.0. The van der Waals surface area contributed by atoms with Gasteiger partial charge in [-0.2, -0.15) is 0 Å². The van der Waals surface area contributed by atoms with Gasteiger partial charge in [0.25, 0.3) is 5.22 Å². The number of amides is 1. The van der Waals surface area contributed by atoms with Crippen LogP contribution < -0.4 is 14.4 Å². The molecule has 0 radical (unpaired) electrons. The second-order valence-electron chi connectivity index (χ2n) is 7.36. The molecule has 0 aliphatic carbocycles. The molecule has 1 atom stereocenters. The quantitative estimate of drug-likeness (QED) is 0.420. The van der Waals surface area contributed by atoms with Crippen LogP contribution in [0, 0.1) is 0 Å². The zero-order valence-electron chi connectivity index (χ0n) is 17.6. The second kappa shape index (κ2) is 8.55. The van der Waals surface area contributed by atoms with Crippen LogP contribution in [-0.4, -0.2) is 42.1 Å². The first-order valence-electron chi connectivity index (χ1n) is 10.2. The van der Waals surface area contributed by atoms with Gasteiger partial charge in [0.1, 0.15) is 11.5 Å². The van der Waals surface area contributed by atoms with Crippen molar-refractivity contribution in [1.29, 1.82) is 0 Å². The summed E-state index contributed by atoms with van der Waals surface area (Å²) in [5, 5.41) is 10.7. The molecule has 7 nitrogen and oxygen atoms in total. The Labute approximate surface area is 189 Å². The summed E-state index contributed by atoms with van der Waals surface area (Å²) in [6.07, 6.45) is 0.676. The molecule has 0 bridgehead atoms. The Morgan fingerprint density at radius 3 is 2.53 bits per heavy atom. The van der Waals surface area contributed by atoms with Gasteiger partial charge in [-0.3, -0.25) is 4.79 Å². The Balaban J connectivity index is 1.35. The molecule has 4 aromatic rings. The van der Waals surface area contributed by atoms with E-state index in [1.54, 1.807) is 25.2 Å². The SMILES string of the molecule is COc1cc(OC)cc(N2CCC(Sc3nnc(-c4cccc5ccccc45)o3)C2=O)c1. The maximum Gasteiger partial charge on any atom is 0.277 e. The normalized spacial score (nSPS) is 16.0. The summed E-state index contributed by atoms with van der Waals surface area (Å²) < 4.78 is 16.6. The minimum atomic E-state index is -0.298. The molecule has 1 unspecified atom stereocenters. The number of anilines is 1. The third-order valence-corrected chi connectivity index (χ3v) is 6.56. The Hall–Kier alpha value is -3.52. The smallest absolute Gasteiger partial charge is 0.277 e. The largest absolute Gasteiger partial charge is 0.497 e. The Bertz CT molecular complexity index is 1260. The van der Waals surface area contributed by atoms with Crippen LogP contribution in [0.1, 0.15) is 6.42 Å². The van der Waals surface area contributed by atoms with Crippen LogP contribution in [0.25, 0.3) is 22.2 Å². The van der Waals surface area contributed by atoms with Gasteiger partial charge in [-0.15, -0.1) is 10.2 Å². The average molecular weight is 448 g/mol. The highest BCUT2D eigenvalue weighted by Crippen LogP contribution is 2.37. The van der Waals surface area contributed by atoms with Crippen molar-refractivity contribution in [2.24, 2.45) is 0 Å². The van der Waals surface area contributed by atoms with Crippen molar-refractivity contribution in [2.75, 3.05) is 25.7 Å². The minimum absolute atomic E-state index is 0.00443. The fourth-order valence-corrected chi connectivity index (χ4v) is 4.78. The van der Waals surface area contributed by atoms with Crippen molar-refractivity contribution in [3.63, 3.8) is 0 Å². The predicted octanol–water partition coefficient (Wildman–Crippen LogP) is 4.80. The second-order valence-corrected chi connectivity index (χ2v) is 8.51. The summed E-state index contributed by atoms with van der Waals surface area (Å²) in [4.78, 5) is 14.8. The number of methoxy groups -OCH3 is 2. The van der Waals surface area contributed by atoms with Crippen LogP contribution in [0.2, 0.25) is 0 Å². The molecular formula is C24H21N3O4S. The number of hydrogen-bond acceptors (Lipinski definition) is 7. The van der Waals surface area contributed by atoms with E-state index in [2.05, 4.69) is 10.2 Å². The molecule has 0 saturated carbocycles. The number of hydrogen-bond donors (Lipinski definition) is 0. The van der Waals surface area contributed by atoms with E-state index < -0.39 is 0 Å². The maximum atomic E-state index is 13.1. The number of thioether (sulfide) groups is 1. The number of ether oxygens (including phenoxy) is 2. The van der Waals surface area contributed by atoms with Crippen LogP contribution >= 0.6 is 11.8 Å². The maximum absolute atomic E-state index is 13.1. The van der Waals surface area contributed by atoms with Gasteiger partial charge in [-0.05, 0) is 23.3 Å². The van der Waals surface area contributed by atoms with Crippen molar-refractivity contribution in [3.05, 3.63) is 60.7 Å². The van der Waals surface area contributed by atoms with Crippen LogP contribution in [0.3, 0.4) is 0 Å². The summed E-state index contributed by atoms with van der Waals surface area (Å²) in [5.74, 6) is 1.72. The summed E-state index contributed by atoms with van der Waals surface area (Å²) in [7, 11) is 3.18. The number of carbonyl (C=O) groups excluding carboxylic acids is 1. The zero-order chi connectivity index (χ0) is 22.1. The number of nitrogens with zero attached hydrogens (tertiary/aromatic N) is 3. The number of aromatic nitrogens is 2. The van der Waals surface area contributed by atoms with Gasteiger partial charge in [-0.1, -0.05) is 48.2 Å². The van der Waals surface area contributed by atoms with Crippen molar-refractivity contribution < 1.29 is 18.7 Å². The van der Waals surface area contributed by atoms with E-state index in [0.29, 0.717) is 35.6 Å². The van der Waals surface area contributed by atoms with E-state index in [1.165, 1.54) is 11.8 Å². The first-order valence-corrected chi connectivity index (χ1v) is 11.1. The van der Waals surface area contributed by atoms with Gasteiger partial charge in [0.2, 0.25) is 11.8 Å². The van der Waals surface area contributed by atoms with Crippen molar-refractivity contribution >= 4 is 34.1 Å². The molecule has 162 valence electrons. The van der Waals surface area contributed by atoms with E-state index in [0.717, 1.165) is 22.0 Å². The van der Waals surface area contributed by atoms with E-state index in [9.17, 15) is 4.79 Å². The predicted molar refractivity (Wildman–Crippen MR) is 123 cm³/mol. The van der Waals surface area contributed by atoms with Gasteiger partial charge in [0.05, 0.1) is 25.2 Å². The molecule has 1 aliphatic rings. The topological polar surface area (TPSA) is 77.7 Å². The van der Waals surface area contributed by atoms with Gasteiger partial charge in [0, 0.05) is 30.3 Å². The average Bonchev–Trinajstić information content (AvgIpc) is 3.45. The van der Waals surface area contributed by atoms with E-state index in [-0.39, 0.29) is 11.2 Å². The van der Waals surface area contributed by atoms with Gasteiger partial charge in [-0.25, -0.2) is 0 Å². The zero-order valence-corrected chi connectivity index (χ0v) is 18.5. The molecule has 2 heterocycles. The standard InChI is InChI=1S/C24H21N3O4S/c1-29-17-12-16(13-18(14-17)30-2)27-11-10-21(23(27)28)32-24-26-25-22(31-24)20-9-5-7-15-6-3-4-8-19(15)20/h3-9,12-14,21H,10-11H2,1-2H3. The van der Waals surface area contributed by atoms with E-state index in [4.69, 9.17) is 13.9 Å². The molecule has 1 amide bonds. The molecule has 3 aromatic carbocycles. The third-order valence-electron chi connectivity index (χ3n) is 5.47.